The summed E-state index contributed by atoms with van der Waals surface area (Å²) in [7, 11) is 0. The maximum absolute atomic E-state index is 8.64. The number of aliphatic hydroxyl groups is 1. The molecule has 0 saturated carbocycles. The molecule has 2 nitrogen and oxygen atoms in total. The molecule has 1 heterocycles. The largest absolute Gasteiger partial charge is 0.396 e. The predicted molar refractivity (Wildman–Crippen MR) is 167 cm³/mol. The Morgan fingerprint density at radius 2 is 0.649 bits per heavy atom. The Kier molecular flexibility index (Phi) is 33.9. The van der Waals surface area contributed by atoms with Crippen molar-refractivity contribution in [1.29, 1.82) is 0 Å². The summed E-state index contributed by atoms with van der Waals surface area (Å²) in [6.45, 7) is 5.98. The molecule has 0 spiro atoms. The van der Waals surface area contributed by atoms with Crippen molar-refractivity contribution in [2.24, 2.45) is 0 Å². The van der Waals surface area contributed by atoms with Crippen LogP contribution < -0.4 is 0 Å². The smallest absolute Gasteiger partial charge is 0.0810 e. The monoisotopic (exact) mass is 525 g/mol. The molecule has 1 N–H and O–H groups in total. The number of aliphatic hydroxyl groups excluding tert-OH is 1. The summed E-state index contributed by atoms with van der Waals surface area (Å²) in [5.74, 6) is 0. The molecule has 1 aliphatic rings. The third-order valence-corrected chi connectivity index (χ3v) is 8.04. The van der Waals surface area contributed by atoms with E-state index >= 15 is 0 Å². The quantitative estimate of drug-likeness (QED) is 0.0748. The molecule has 224 valence electrons. The van der Waals surface area contributed by atoms with Gasteiger partial charge in [-0.25, -0.2) is 0 Å². The van der Waals surface area contributed by atoms with E-state index in [1.165, 1.54) is 186 Å². The van der Waals surface area contributed by atoms with Crippen LogP contribution in [0.1, 0.15) is 206 Å². The minimum Gasteiger partial charge on any atom is -0.396 e. The number of rotatable bonds is 30. The van der Waals surface area contributed by atoms with E-state index in [-0.39, 0.29) is 0 Å². The lowest BCUT2D eigenvalue weighted by atomic mass is 10.0. The fourth-order valence-electron chi connectivity index (χ4n) is 5.28. The van der Waals surface area contributed by atoms with Gasteiger partial charge in [0.25, 0.3) is 0 Å². The maximum atomic E-state index is 8.64. The minimum absolute atomic E-state index is 0.373. The SMILES string of the molecule is CCCCCCCCCCCCCCCCCC1CO1.CCCCCCCCCCCCCCCCO. The van der Waals surface area contributed by atoms with Gasteiger partial charge in [-0.3, -0.25) is 0 Å². The number of unbranched alkanes of at least 4 members (excludes halogenated alkanes) is 27. The molecule has 1 aliphatic heterocycles. The summed E-state index contributed by atoms with van der Waals surface area (Å²) in [5.41, 5.74) is 0. The number of hydrogen-bond acceptors (Lipinski definition) is 2. The van der Waals surface area contributed by atoms with Gasteiger partial charge in [-0.1, -0.05) is 194 Å². The molecule has 0 aromatic carbocycles. The zero-order valence-corrected chi connectivity index (χ0v) is 26.1. The summed E-state index contributed by atoms with van der Waals surface area (Å²) in [6.07, 6.45) is 43.0. The molecular weight excluding hydrogens is 452 g/mol. The number of hydrogen-bond donors (Lipinski definition) is 1. The lowest BCUT2D eigenvalue weighted by molar-refractivity contribution is 0.282. The molecule has 0 aliphatic carbocycles. The molecule has 1 fully saturated rings. The Bertz CT molecular complexity index is 365. The van der Waals surface area contributed by atoms with Crippen molar-refractivity contribution in [2.75, 3.05) is 13.2 Å². The molecule has 1 rings (SSSR count). The van der Waals surface area contributed by atoms with E-state index in [9.17, 15) is 0 Å². The van der Waals surface area contributed by atoms with Gasteiger partial charge in [0.05, 0.1) is 12.7 Å². The summed E-state index contributed by atoms with van der Waals surface area (Å²) >= 11 is 0. The lowest BCUT2D eigenvalue weighted by Gasteiger charge is -2.03. The van der Waals surface area contributed by atoms with Gasteiger partial charge < -0.3 is 9.84 Å². The van der Waals surface area contributed by atoms with Crippen LogP contribution in [0.2, 0.25) is 0 Å². The molecule has 1 unspecified atom stereocenters. The Labute approximate surface area is 235 Å². The number of ether oxygens (including phenoxy) is 1. The second-order valence-corrected chi connectivity index (χ2v) is 12.0. The molecular formula is C35H72O2. The molecule has 2 heteroatoms. The zero-order chi connectivity index (χ0) is 26.9. The summed E-state index contributed by atoms with van der Waals surface area (Å²) in [4.78, 5) is 0. The van der Waals surface area contributed by atoms with Crippen molar-refractivity contribution in [1.82, 2.24) is 0 Å². The van der Waals surface area contributed by atoms with Crippen LogP contribution in [-0.2, 0) is 4.74 Å². The molecule has 37 heavy (non-hydrogen) atoms. The van der Waals surface area contributed by atoms with E-state index in [2.05, 4.69) is 13.8 Å². The van der Waals surface area contributed by atoms with Crippen LogP contribution in [0.3, 0.4) is 0 Å². The normalized spacial score (nSPS) is 14.5. The molecule has 0 aromatic rings. The Balaban J connectivity index is 0.000000712. The van der Waals surface area contributed by atoms with Crippen LogP contribution >= 0.6 is 0 Å². The highest BCUT2D eigenvalue weighted by molar-refractivity contribution is 4.68. The third kappa shape index (κ3) is 35.9. The topological polar surface area (TPSA) is 32.8 Å². The van der Waals surface area contributed by atoms with Crippen LogP contribution in [-0.4, -0.2) is 24.4 Å². The van der Waals surface area contributed by atoms with Crippen molar-refractivity contribution in [3.63, 3.8) is 0 Å². The standard InChI is InChI=1S/C19H38O.C16H34O/c1-2-3-4-5-6-7-8-9-10-11-12-13-14-15-16-17-19-18-20-19;1-2-3-4-5-6-7-8-9-10-11-12-13-14-15-16-17/h19H,2-18H2,1H3;17H,2-16H2,1H3. The fourth-order valence-corrected chi connectivity index (χ4v) is 5.28. The van der Waals surface area contributed by atoms with Crippen molar-refractivity contribution in [2.45, 2.75) is 213 Å². The Hall–Kier alpha value is -0.0800. The van der Waals surface area contributed by atoms with E-state index < -0.39 is 0 Å². The highest BCUT2D eigenvalue weighted by atomic mass is 16.6. The Morgan fingerprint density at radius 3 is 0.892 bits per heavy atom. The van der Waals surface area contributed by atoms with Gasteiger partial charge in [0.1, 0.15) is 0 Å². The lowest BCUT2D eigenvalue weighted by Crippen LogP contribution is -1.86. The van der Waals surface area contributed by atoms with Crippen LogP contribution in [0.5, 0.6) is 0 Å². The predicted octanol–water partition coefficient (Wildman–Crippen LogP) is 12.1. The first-order valence-corrected chi connectivity index (χ1v) is 17.6. The van der Waals surface area contributed by atoms with Crippen LogP contribution in [0.25, 0.3) is 0 Å². The van der Waals surface area contributed by atoms with Crippen LogP contribution in [0, 0.1) is 0 Å². The van der Waals surface area contributed by atoms with Crippen molar-refractivity contribution < 1.29 is 9.84 Å². The molecule has 0 bridgehead atoms. The minimum atomic E-state index is 0.373. The average molecular weight is 525 g/mol. The highest BCUT2D eigenvalue weighted by Gasteiger charge is 2.20. The molecule has 0 radical (unpaired) electrons. The number of epoxide rings is 1. The molecule has 1 atom stereocenters. The van der Waals surface area contributed by atoms with Gasteiger partial charge in [0, 0.05) is 6.61 Å². The fraction of sp³-hybridized carbons (Fsp3) is 1.00. The second-order valence-electron chi connectivity index (χ2n) is 12.0. The van der Waals surface area contributed by atoms with E-state index in [0.717, 1.165) is 13.0 Å². The van der Waals surface area contributed by atoms with Gasteiger partial charge in [-0.05, 0) is 12.8 Å². The van der Waals surface area contributed by atoms with Gasteiger partial charge >= 0.3 is 0 Å². The average Bonchev–Trinajstić information content (AvgIpc) is 3.74. The van der Waals surface area contributed by atoms with Gasteiger partial charge in [-0.2, -0.15) is 0 Å². The Morgan fingerprint density at radius 1 is 0.405 bits per heavy atom. The first-order chi connectivity index (χ1) is 18.3. The maximum Gasteiger partial charge on any atom is 0.0810 e. The van der Waals surface area contributed by atoms with Gasteiger partial charge in [0.2, 0.25) is 0 Å². The first kappa shape index (κ1) is 36.9. The van der Waals surface area contributed by atoms with E-state index in [1.807, 2.05) is 0 Å². The van der Waals surface area contributed by atoms with E-state index in [0.29, 0.717) is 12.7 Å². The first-order valence-electron chi connectivity index (χ1n) is 17.6. The summed E-state index contributed by atoms with van der Waals surface area (Å²) < 4.78 is 5.23. The summed E-state index contributed by atoms with van der Waals surface area (Å²) in [5, 5.41) is 8.64. The van der Waals surface area contributed by atoms with Crippen molar-refractivity contribution in [3.8, 4) is 0 Å². The van der Waals surface area contributed by atoms with Crippen molar-refractivity contribution >= 4 is 0 Å². The van der Waals surface area contributed by atoms with Gasteiger partial charge in [0.15, 0.2) is 0 Å². The highest BCUT2D eigenvalue weighted by Crippen LogP contribution is 2.19. The molecule has 0 aromatic heterocycles. The molecule has 1 saturated heterocycles. The van der Waals surface area contributed by atoms with Crippen molar-refractivity contribution in [3.05, 3.63) is 0 Å². The van der Waals surface area contributed by atoms with Crippen LogP contribution in [0.4, 0.5) is 0 Å². The van der Waals surface area contributed by atoms with Gasteiger partial charge in [-0.15, -0.1) is 0 Å². The van der Waals surface area contributed by atoms with E-state index in [1.54, 1.807) is 0 Å². The summed E-state index contributed by atoms with van der Waals surface area (Å²) in [6, 6.07) is 0. The third-order valence-electron chi connectivity index (χ3n) is 8.04. The van der Waals surface area contributed by atoms with E-state index in [4.69, 9.17) is 9.84 Å². The molecule has 0 amide bonds. The second kappa shape index (κ2) is 33.9. The van der Waals surface area contributed by atoms with Crippen LogP contribution in [0.15, 0.2) is 0 Å². The zero-order valence-electron chi connectivity index (χ0n) is 26.1.